The fourth-order valence-electron chi connectivity index (χ4n) is 3.68. The van der Waals surface area contributed by atoms with Crippen molar-refractivity contribution in [3.63, 3.8) is 0 Å². The first kappa shape index (κ1) is 28.6. The minimum absolute atomic E-state index is 0.0506. The largest absolute Gasteiger partial charge is 0.352 e. The number of benzene rings is 3. The van der Waals surface area contributed by atoms with Crippen molar-refractivity contribution in [1.29, 1.82) is 0 Å². The molecule has 0 saturated heterocycles. The van der Waals surface area contributed by atoms with E-state index in [1.54, 1.807) is 49.4 Å². The minimum Gasteiger partial charge on any atom is -0.352 e. The summed E-state index contributed by atoms with van der Waals surface area (Å²) in [6, 6.07) is 23.4. The van der Waals surface area contributed by atoms with Crippen molar-refractivity contribution in [2.24, 2.45) is 0 Å². The van der Waals surface area contributed by atoms with Gasteiger partial charge in [0.05, 0.1) is 10.6 Å². The van der Waals surface area contributed by atoms with Gasteiger partial charge in [0, 0.05) is 16.2 Å². The number of hydrogen-bond acceptors (Lipinski definition) is 4. The molecule has 37 heavy (non-hydrogen) atoms. The lowest BCUT2D eigenvalue weighted by Gasteiger charge is -2.32. The van der Waals surface area contributed by atoms with E-state index in [4.69, 9.17) is 0 Å². The maximum Gasteiger partial charge on any atom is 0.264 e. The van der Waals surface area contributed by atoms with Crippen LogP contribution in [0.4, 0.5) is 5.69 Å². The van der Waals surface area contributed by atoms with Gasteiger partial charge in [-0.05, 0) is 84.8 Å². The second kappa shape index (κ2) is 13.0. The molecule has 2 atom stereocenters. The molecule has 9 heteroatoms. The zero-order chi connectivity index (χ0) is 27.0. The Bertz CT molecular complexity index is 1290. The molecule has 0 aliphatic heterocycles. The molecule has 196 valence electrons. The van der Waals surface area contributed by atoms with E-state index >= 15 is 0 Å². The Morgan fingerprint density at radius 1 is 0.892 bits per heavy atom. The fourth-order valence-corrected chi connectivity index (χ4v) is 5.48. The average molecular weight is 634 g/mol. The Labute approximate surface area is 233 Å². The zero-order valence-corrected chi connectivity index (χ0v) is 24.1. The Hall–Kier alpha value is -2.92. The quantitative estimate of drug-likeness (QED) is 0.307. The van der Waals surface area contributed by atoms with E-state index < -0.39 is 28.5 Å². The molecule has 7 nitrogen and oxygen atoms in total. The summed E-state index contributed by atoms with van der Waals surface area (Å²) in [4.78, 5) is 28.4. The van der Waals surface area contributed by atoms with Crippen LogP contribution in [0.3, 0.4) is 0 Å². The molecule has 0 aliphatic carbocycles. The molecule has 0 bridgehead atoms. The van der Waals surface area contributed by atoms with Crippen molar-refractivity contribution < 1.29 is 18.0 Å². The molecule has 0 spiro atoms. The third-order valence-electron chi connectivity index (χ3n) is 6.09. The number of sulfonamides is 1. The van der Waals surface area contributed by atoms with Crippen molar-refractivity contribution in [3.05, 3.63) is 94.1 Å². The van der Waals surface area contributed by atoms with E-state index in [-0.39, 0.29) is 23.4 Å². The highest BCUT2D eigenvalue weighted by Gasteiger charge is 2.32. The van der Waals surface area contributed by atoms with E-state index in [9.17, 15) is 18.0 Å². The monoisotopic (exact) mass is 633 g/mol. The van der Waals surface area contributed by atoms with Crippen molar-refractivity contribution in [2.45, 2.75) is 50.7 Å². The second-order valence-electron chi connectivity index (χ2n) is 8.80. The van der Waals surface area contributed by atoms with E-state index in [1.807, 2.05) is 44.2 Å². The van der Waals surface area contributed by atoms with Gasteiger partial charge >= 0.3 is 0 Å². The zero-order valence-electron chi connectivity index (χ0n) is 21.2. The van der Waals surface area contributed by atoms with E-state index in [0.717, 1.165) is 19.9 Å². The number of halogens is 1. The van der Waals surface area contributed by atoms with Gasteiger partial charge in [0.25, 0.3) is 10.0 Å². The SMILES string of the molecule is CC[C@H](C)NC(=O)[C@H](C)N(Cc1ccccc1)C(=O)CN(c1ccc(I)cc1)S(=O)(=O)c1ccccc1. The van der Waals surface area contributed by atoms with Gasteiger partial charge in [-0.3, -0.25) is 13.9 Å². The lowest BCUT2D eigenvalue weighted by molar-refractivity contribution is -0.139. The Balaban J connectivity index is 1.99. The van der Waals surface area contributed by atoms with E-state index in [2.05, 4.69) is 27.9 Å². The average Bonchev–Trinajstić information content (AvgIpc) is 2.91. The summed E-state index contributed by atoms with van der Waals surface area (Å²) in [5.74, 6) is -0.765. The summed E-state index contributed by atoms with van der Waals surface area (Å²) in [5.41, 5.74) is 1.21. The summed E-state index contributed by atoms with van der Waals surface area (Å²) >= 11 is 2.14. The molecule has 0 radical (unpaired) electrons. The molecule has 0 fully saturated rings. The maximum atomic E-state index is 13.8. The van der Waals surface area contributed by atoms with Crippen molar-refractivity contribution in [2.75, 3.05) is 10.8 Å². The number of carbonyl (C=O) groups is 2. The molecule has 0 aromatic heterocycles. The van der Waals surface area contributed by atoms with Gasteiger partial charge in [-0.15, -0.1) is 0 Å². The lowest BCUT2D eigenvalue weighted by Crippen LogP contribution is -2.52. The first-order valence-electron chi connectivity index (χ1n) is 12.1. The first-order valence-corrected chi connectivity index (χ1v) is 14.6. The van der Waals surface area contributed by atoms with Crippen LogP contribution in [0.2, 0.25) is 0 Å². The smallest absolute Gasteiger partial charge is 0.264 e. The molecule has 0 aliphatic rings. The highest BCUT2D eigenvalue weighted by molar-refractivity contribution is 14.1. The van der Waals surface area contributed by atoms with Crippen molar-refractivity contribution in [1.82, 2.24) is 10.2 Å². The molecule has 3 aromatic carbocycles. The molecule has 0 saturated carbocycles. The van der Waals surface area contributed by atoms with Gasteiger partial charge in [0.15, 0.2) is 0 Å². The number of nitrogens with zero attached hydrogens (tertiary/aromatic N) is 2. The van der Waals surface area contributed by atoms with Crippen LogP contribution in [0.5, 0.6) is 0 Å². The molecule has 1 N–H and O–H groups in total. The van der Waals surface area contributed by atoms with E-state index in [1.165, 1.54) is 17.0 Å². The molecule has 3 aromatic rings. The topological polar surface area (TPSA) is 86.8 Å². The number of carbonyl (C=O) groups excluding carboxylic acids is 2. The van der Waals surface area contributed by atoms with Gasteiger partial charge < -0.3 is 10.2 Å². The standard InChI is InChI=1S/C28H32IN3O4S/c1-4-21(2)30-28(34)22(3)31(19-23-11-7-5-8-12-23)27(33)20-32(25-17-15-24(29)16-18-25)37(35,36)26-13-9-6-10-14-26/h5-18,21-22H,4,19-20H2,1-3H3,(H,30,34)/t21-,22-/m0/s1. The van der Waals surface area contributed by atoms with Gasteiger partial charge in [0.1, 0.15) is 12.6 Å². The third-order valence-corrected chi connectivity index (χ3v) is 8.60. The van der Waals surface area contributed by atoms with Gasteiger partial charge in [-0.25, -0.2) is 8.42 Å². The summed E-state index contributed by atoms with van der Waals surface area (Å²) in [6.45, 7) is 5.25. The Morgan fingerprint density at radius 2 is 1.46 bits per heavy atom. The molecule has 3 rings (SSSR count). The van der Waals surface area contributed by atoms with Crippen LogP contribution in [0, 0.1) is 3.57 Å². The van der Waals surface area contributed by atoms with Crippen LogP contribution in [-0.2, 0) is 26.2 Å². The van der Waals surface area contributed by atoms with Gasteiger partial charge in [-0.1, -0.05) is 55.5 Å². The number of amides is 2. The lowest BCUT2D eigenvalue weighted by atomic mass is 10.1. The number of hydrogen-bond donors (Lipinski definition) is 1. The molecular formula is C28H32IN3O4S. The number of anilines is 1. The normalized spacial score (nSPS) is 12.9. The van der Waals surface area contributed by atoms with Crippen LogP contribution in [0.15, 0.2) is 89.8 Å². The summed E-state index contributed by atoms with van der Waals surface area (Å²) < 4.78 is 29.4. The van der Waals surface area contributed by atoms with Gasteiger partial charge in [0.2, 0.25) is 11.8 Å². The maximum absolute atomic E-state index is 13.8. The van der Waals surface area contributed by atoms with Crippen LogP contribution >= 0.6 is 22.6 Å². The highest BCUT2D eigenvalue weighted by Crippen LogP contribution is 2.25. The van der Waals surface area contributed by atoms with Gasteiger partial charge in [-0.2, -0.15) is 0 Å². The van der Waals surface area contributed by atoms with Crippen LogP contribution in [-0.4, -0.2) is 43.8 Å². The predicted molar refractivity (Wildman–Crippen MR) is 154 cm³/mol. The molecule has 2 amide bonds. The minimum atomic E-state index is -4.05. The second-order valence-corrected chi connectivity index (χ2v) is 11.9. The highest BCUT2D eigenvalue weighted by atomic mass is 127. The summed E-state index contributed by atoms with van der Waals surface area (Å²) in [5, 5.41) is 2.93. The fraction of sp³-hybridized carbons (Fsp3) is 0.286. The van der Waals surface area contributed by atoms with Crippen LogP contribution < -0.4 is 9.62 Å². The Kier molecular flexibility index (Phi) is 10.1. The molecular weight excluding hydrogens is 601 g/mol. The van der Waals surface area contributed by atoms with Crippen LogP contribution in [0.1, 0.15) is 32.8 Å². The molecule has 0 unspecified atom stereocenters. The van der Waals surface area contributed by atoms with Crippen molar-refractivity contribution >= 4 is 50.1 Å². The summed E-state index contributed by atoms with van der Waals surface area (Å²) in [6.07, 6.45) is 0.751. The number of rotatable bonds is 11. The third kappa shape index (κ3) is 7.54. The van der Waals surface area contributed by atoms with E-state index in [0.29, 0.717) is 5.69 Å². The van der Waals surface area contributed by atoms with Crippen molar-refractivity contribution in [3.8, 4) is 0 Å². The first-order chi connectivity index (χ1) is 17.6. The Morgan fingerprint density at radius 3 is 2.03 bits per heavy atom. The molecule has 0 heterocycles. The predicted octanol–water partition coefficient (Wildman–Crippen LogP) is 4.82. The van der Waals surface area contributed by atoms with Crippen LogP contribution in [0.25, 0.3) is 0 Å². The number of nitrogens with one attached hydrogen (secondary N) is 1. The summed E-state index contributed by atoms with van der Waals surface area (Å²) in [7, 11) is -4.05.